The Kier molecular flexibility index (Phi) is 8.66. The molecule has 2 fully saturated rings. The molecule has 0 unspecified atom stereocenters. The highest BCUT2D eigenvalue weighted by molar-refractivity contribution is 14.0. The summed E-state index contributed by atoms with van der Waals surface area (Å²) < 4.78 is 23.8. The van der Waals surface area contributed by atoms with Crippen molar-refractivity contribution >= 4 is 39.8 Å². The van der Waals surface area contributed by atoms with Gasteiger partial charge < -0.3 is 15.1 Å². The van der Waals surface area contributed by atoms with Gasteiger partial charge in [-0.1, -0.05) is 25.7 Å². The third kappa shape index (κ3) is 5.25. The predicted octanol–water partition coefficient (Wildman–Crippen LogP) is 2.34. The lowest BCUT2D eigenvalue weighted by Gasteiger charge is -2.43. The monoisotopic (exact) mass is 500 g/mol. The Morgan fingerprint density at radius 2 is 1.73 bits per heavy atom. The average Bonchev–Trinajstić information content (AvgIpc) is 2.78. The van der Waals surface area contributed by atoms with Gasteiger partial charge in [0, 0.05) is 32.2 Å². The molecule has 0 aromatic heterocycles. The van der Waals surface area contributed by atoms with Gasteiger partial charge in [0.25, 0.3) is 0 Å². The van der Waals surface area contributed by atoms with Gasteiger partial charge in [-0.15, -0.1) is 24.0 Å². The van der Waals surface area contributed by atoms with Crippen LogP contribution in [0.25, 0.3) is 0 Å². The van der Waals surface area contributed by atoms with Crippen LogP contribution in [0, 0.1) is 0 Å². The van der Waals surface area contributed by atoms with E-state index >= 15 is 0 Å². The number of nitrogens with zero attached hydrogens (tertiary/aromatic N) is 3. The minimum atomic E-state index is -3.03. The van der Waals surface area contributed by atoms with E-state index in [-0.39, 0.29) is 35.3 Å². The number of sulfone groups is 1. The lowest BCUT2D eigenvalue weighted by atomic mass is 9.88. The van der Waals surface area contributed by atoms with Crippen LogP contribution in [0.15, 0.2) is 4.99 Å². The maximum atomic E-state index is 12.2. The number of hydrogen-bond donors (Lipinski definition) is 1. The van der Waals surface area contributed by atoms with Crippen molar-refractivity contribution < 1.29 is 8.42 Å². The standard InChI is InChI=1S/C18H36N4O2S.HI/c1-17(2)15-22(12-13-25(17,23)24)16(19-3)20-14-18(21(4)5)10-8-6-7-9-11-18;/h6-15H2,1-5H3,(H,19,20);1H. The molecule has 0 bridgehead atoms. The molecule has 8 heteroatoms. The van der Waals surface area contributed by atoms with Crippen LogP contribution in [0.4, 0.5) is 0 Å². The van der Waals surface area contributed by atoms with Crippen molar-refractivity contribution in [3.8, 4) is 0 Å². The maximum Gasteiger partial charge on any atom is 0.193 e. The summed E-state index contributed by atoms with van der Waals surface area (Å²) >= 11 is 0. The number of nitrogens with one attached hydrogen (secondary N) is 1. The second kappa shape index (κ2) is 9.41. The molecule has 0 radical (unpaired) electrons. The molecule has 0 aromatic carbocycles. The fourth-order valence-corrected chi connectivity index (χ4v) is 5.43. The zero-order chi connectivity index (χ0) is 18.7. The summed E-state index contributed by atoms with van der Waals surface area (Å²) in [7, 11) is 3.10. The van der Waals surface area contributed by atoms with Crippen LogP contribution in [0.1, 0.15) is 52.4 Å². The van der Waals surface area contributed by atoms with Crippen LogP contribution < -0.4 is 5.32 Å². The van der Waals surface area contributed by atoms with Gasteiger partial charge in [0.05, 0.1) is 10.5 Å². The third-order valence-electron chi connectivity index (χ3n) is 6.11. The molecule has 1 heterocycles. The molecule has 1 saturated carbocycles. The highest BCUT2D eigenvalue weighted by Crippen LogP contribution is 2.31. The quantitative estimate of drug-likeness (QED) is 0.279. The molecule has 1 saturated heterocycles. The first-order valence-corrected chi connectivity index (χ1v) is 11.1. The molecule has 154 valence electrons. The van der Waals surface area contributed by atoms with Crippen LogP contribution in [-0.2, 0) is 9.84 Å². The Morgan fingerprint density at radius 3 is 2.19 bits per heavy atom. The SMILES string of the molecule is CN=C(NCC1(N(C)C)CCCCCC1)N1CCS(=O)(=O)C(C)(C)C1.I. The van der Waals surface area contributed by atoms with Crippen molar-refractivity contribution in [1.29, 1.82) is 0 Å². The highest BCUT2D eigenvalue weighted by Gasteiger charge is 2.41. The summed E-state index contributed by atoms with van der Waals surface area (Å²) in [6.45, 7) is 5.49. The van der Waals surface area contributed by atoms with Crippen molar-refractivity contribution in [1.82, 2.24) is 15.1 Å². The van der Waals surface area contributed by atoms with E-state index < -0.39 is 14.6 Å². The number of aliphatic imine (C=N–C) groups is 1. The van der Waals surface area contributed by atoms with Crippen molar-refractivity contribution in [2.24, 2.45) is 4.99 Å². The normalized spacial score (nSPS) is 25.3. The van der Waals surface area contributed by atoms with Crippen LogP contribution in [0.2, 0.25) is 0 Å². The largest absolute Gasteiger partial charge is 0.354 e. The van der Waals surface area contributed by atoms with Crippen LogP contribution in [0.5, 0.6) is 0 Å². The molecule has 1 aliphatic heterocycles. The van der Waals surface area contributed by atoms with Crippen LogP contribution in [0.3, 0.4) is 0 Å². The van der Waals surface area contributed by atoms with Crippen molar-refractivity contribution in [2.45, 2.75) is 62.7 Å². The average molecular weight is 500 g/mol. The molecule has 2 rings (SSSR count). The molecule has 2 aliphatic rings. The van der Waals surface area contributed by atoms with Gasteiger partial charge in [0.15, 0.2) is 15.8 Å². The van der Waals surface area contributed by atoms with Gasteiger partial charge in [-0.25, -0.2) is 8.42 Å². The zero-order valence-electron chi connectivity index (χ0n) is 17.0. The molecule has 0 spiro atoms. The van der Waals surface area contributed by atoms with Gasteiger partial charge >= 0.3 is 0 Å². The van der Waals surface area contributed by atoms with Crippen molar-refractivity contribution in [2.75, 3.05) is 46.5 Å². The minimum Gasteiger partial charge on any atom is -0.354 e. The Hall–Kier alpha value is -0.0900. The van der Waals surface area contributed by atoms with Crippen LogP contribution in [-0.4, -0.2) is 81.0 Å². The first kappa shape index (κ1) is 23.9. The molecule has 6 nitrogen and oxygen atoms in total. The van der Waals surface area contributed by atoms with Gasteiger partial charge in [0.2, 0.25) is 0 Å². The lowest BCUT2D eigenvalue weighted by Crippen LogP contribution is -2.60. The molecular formula is C18H37IN4O2S. The smallest absolute Gasteiger partial charge is 0.193 e. The second-order valence-corrected chi connectivity index (χ2v) is 11.2. The summed E-state index contributed by atoms with van der Waals surface area (Å²) in [5.41, 5.74) is 0.157. The van der Waals surface area contributed by atoms with Gasteiger partial charge in [0.1, 0.15) is 0 Å². The molecular weight excluding hydrogens is 463 g/mol. The van der Waals surface area contributed by atoms with Crippen molar-refractivity contribution in [3.63, 3.8) is 0 Å². The van der Waals surface area contributed by atoms with E-state index in [9.17, 15) is 8.42 Å². The highest BCUT2D eigenvalue weighted by atomic mass is 127. The number of halogens is 1. The lowest BCUT2D eigenvalue weighted by molar-refractivity contribution is 0.131. The first-order chi connectivity index (χ1) is 11.6. The number of guanidine groups is 1. The Morgan fingerprint density at radius 1 is 1.15 bits per heavy atom. The molecule has 0 amide bonds. The number of rotatable bonds is 3. The topological polar surface area (TPSA) is 65.0 Å². The minimum absolute atomic E-state index is 0. The fraction of sp³-hybridized carbons (Fsp3) is 0.944. The first-order valence-electron chi connectivity index (χ1n) is 9.49. The van der Waals surface area contributed by atoms with E-state index in [0.29, 0.717) is 13.1 Å². The van der Waals surface area contributed by atoms with Gasteiger partial charge in [-0.05, 0) is 40.8 Å². The van der Waals surface area contributed by atoms with Gasteiger partial charge in [-0.2, -0.15) is 0 Å². The van der Waals surface area contributed by atoms with E-state index in [4.69, 9.17) is 0 Å². The number of likely N-dealkylation sites (N-methyl/N-ethyl adjacent to an activating group) is 1. The van der Waals surface area contributed by atoms with E-state index in [1.165, 1.54) is 38.5 Å². The Balaban J connectivity index is 0.00000338. The zero-order valence-corrected chi connectivity index (χ0v) is 20.2. The summed E-state index contributed by atoms with van der Waals surface area (Å²) in [6.07, 6.45) is 7.58. The van der Waals surface area contributed by atoms with Crippen molar-refractivity contribution in [3.05, 3.63) is 0 Å². The molecule has 1 N–H and O–H groups in total. The summed E-state index contributed by atoms with van der Waals surface area (Å²) in [4.78, 5) is 8.90. The number of hydrogen-bond acceptors (Lipinski definition) is 4. The third-order valence-corrected chi connectivity index (χ3v) is 8.65. The summed E-state index contributed by atoms with van der Waals surface area (Å²) in [5, 5.41) is 3.56. The predicted molar refractivity (Wildman–Crippen MR) is 120 cm³/mol. The summed E-state index contributed by atoms with van der Waals surface area (Å²) in [5.74, 6) is 1.02. The molecule has 1 aliphatic carbocycles. The van der Waals surface area contributed by atoms with E-state index in [1.807, 2.05) is 13.8 Å². The van der Waals surface area contributed by atoms with Crippen LogP contribution >= 0.6 is 24.0 Å². The molecule has 26 heavy (non-hydrogen) atoms. The Labute approximate surface area is 177 Å². The second-order valence-electron chi connectivity index (χ2n) is 8.43. The molecule has 0 aromatic rings. The fourth-order valence-electron chi connectivity index (χ4n) is 4.07. The molecule has 0 atom stereocenters. The van der Waals surface area contributed by atoms with E-state index in [2.05, 4.69) is 34.2 Å². The van der Waals surface area contributed by atoms with E-state index in [0.717, 1.165) is 12.5 Å². The van der Waals surface area contributed by atoms with E-state index in [1.54, 1.807) is 7.05 Å². The maximum absolute atomic E-state index is 12.2. The summed E-state index contributed by atoms with van der Waals surface area (Å²) in [6, 6.07) is 0. The Bertz CT molecular complexity index is 582. The van der Waals surface area contributed by atoms with Gasteiger partial charge in [-0.3, -0.25) is 4.99 Å².